The van der Waals surface area contributed by atoms with Crippen molar-refractivity contribution in [2.45, 2.75) is 12.5 Å². The minimum Gasteiger partial charge on any atom is -0.493 e. The fourth-order valence-corrected chi connectivity index (χ4v) is 1.80. The van der Waals surface area contributed by atoms with Gasteiger partial charge >= 0.3 is 0 Å². The number of methoxy groups -OCH3 is 1. The standard InChI is InChI=1S/C12H17NO3/c1-3-16-10-5-4-9(6-11(10)15-2)12(14)7-13-8-12/h4-6,13-14H,3,7-8H2,1-2H3. The molecular formula is C12H17NO3. The van der Waals surface area contributed by atoms with Gasteiger partial charge in [-0.3, -0.25) is 0 Å². The molecule has 88 valence electrons. The molecule has 1 heterocycles. The molecule has 0 aromatic heterocycles. The van der Waals surface area contributed by atoms with Gasteiger partial charge in [-0.1, -0.05) is 6.07 Å². The van der Waals surface area contributed by atoms with Gasteiger partial charge in [0.15, 0.2) is 11.5 Å². The Hall–Kier alpha value is -1.26. The summed E-state index contributed by atoms with van der Waals surface area (Å²) in [7, 11) is 1.60. The van der Waals surface area contributed by atoms with Gasteiger partial charge in [-0.15, -0.1) is 0 Å². The van der Waals surface area contributed by atoms with Gasteiger partial charge < -0.3 is 19.9 Å². The maximum absolute atomic E-state index is 10.2. The average molecular weight is 223 g/mol. The van der Waals surface area contributed by atoms with Crippen LogP contribution in [0, 0.1) is 0 Å². The molecule has 1 fully saturated rings. The molecule has 0 unspecified atom stereocenters. The van der Waals surface area contributed by atoms with Crippen LogP contribution in [0.4, 0.5) is 0 Å². The second-order valence-electron chi connectivity index (χ2n) is 3.93. The van der Waals surface area contributed by atoms with Crippen LogP contribution in [0.2, 0.25) is 0 Å². The first kappa shape index (κ1) is 11.2. The van der Waals surface area contributed by atoms with E-state index in [-0.39, 0.29) is 0 Å². The summed E-state index contributed by atoms with van der Waals surface area (Å²) in [5.74, 6) is 1.38. The molecule has 0 atom stereocenters. The zero-order chi connectivity index (χ0) is 11.6. The Balaban J connectivity index is 2.29. The molecule has 0 spiro atoms. The Labute approximate surface area is 95.2 Å². The molecule has 1 aromatic rings. The molecule has 0 aliphatic carbocycles. The lowest BCUT2D eigenvalue weighted by Gasteiger charge is -2.38. The number of hydrogen-bond acceptors (Lipinski definition) is 4. The van der Waals surface area contributed by atoms with Crippen LogP contribution in [-0.4, -0.2) is 31.9 Å². The Bertz CT molecular complexity index is 375. The first-order valence-corrected chi connectivity index (χ1v) is 5.44. The highest BCUT2D eigenvalue weighted by Crippen LogP contribution is 2.34. The number of benzene rings is 1. The van der Waals surface area contributed by atoms with Gasteiger partial charge in [0.1, 0.15) is 5.60 Å². The van der Waals surface area contributed by atoms with Crippen molar-refractivity contribution in [3.05, 3.63) is 23.8 Å². The zero-order valence-corrected chi connectivity index (χ0v) is 9.62. The minimum absolute atomic E-state index is 0.587. The predicted molar refractivity (Wildman–Crippen MR) is 60.9 cm³/mol. The number of nitrogens with one attached hydrogen (secondary N) is 1. The van der Waals surface area contributed by atoms with Gasteiger partial charge in [0.25, 0.3) is 0 Å². The van der Waals surface area contributed by atoms with Crippen LogP contribution >= 0.6 is 0 Å². The first-order valence-electron chi connectivity index (χ1n) is 5.44. The van der Waals surface area contributed by atoms with E-state index in [1.54, 1.807) is 7.11 Å². The average Bonchev–Trinajstić information content (AvgIpc) is 2.27. The quantitative estimate of drug-likeness (QED) is 0.795. The molecule has 4 nitrogen and oxygen atoms in total. The second-order valence-corrected chi connectivity index (χ2v) is 3.93. The first-order chi connectivity index (χ1) is 7.69. The second kappa shape index (κ2) is 4.31. The van der Waals surface area contributed by atoms with Crippen molar-refractivity contribution in [3.63, 3.8) is 0 Å². The maximum atomic E-state index is 10.2. The number of aliphatic hydroxyl groups is 1. The molecule has 0 saturated carbocycles. The van der Waals surface area contributed by atoms with E-state index in [0.29, 0.717) is 31.2 Å². The molecule has 1 aromatic carbocycles. The highest BCUT2D eigenvalue weighted by atomic mass is 16.5. The van der Waals surface area contributed by atoms with Crippen molar-refractivity contribution in [2.75, 3.05) is 26.8 Å². The molecule has 0 radical (unpaired) electrons. The molecule has 0 amide bonds. The van der Waals surface area contributed by atoms with Crippen molar-refractivity contribution in [3.8, 4) is 11.5 Å². The lowest BCUT2D eigenvalue weighted by Crippen LogP contribution is -2.56. The zero-order valence-electron chi connectivity index (χ0n) is 9.62. The number of hydrogen-bond donors (Lipinski definition) is 2. The SMILES string of the molecule is CCOc1ccc(C2(O)CNC2)cc1OC. The molecule has 1 aliphatic rings. The highest BCUT2D eigenvalue weighted by Gasteiger charge is 2.36. The Kier molecular flexibility index (Phi) is 3.03. The summed E-state index contributed by atoms with van der Waals surface area (Å²) in [6, 6.07) is 5.56. The monoisotopic (exact) mass is 223 g/mol. The smallest absolute Gasteiger partial charge is 0.161 e. The number of ether oxygens (including phenoxy) is 2. The predicted octanol–water partition coefficient (Wildman–Crippen LogP) is 0.885. The van der Waals surface area contributed by atoms with Crippen LogP contribution in [0.3, 0.4) is 0 Å². The maximum Gasteiger partial charge on any atom is 0.161 e. The fourth-order valence-electron chi connectivity index (χ4n) is 1.80. The summed E-state index contributed by atoms with van der Waals surface area (Å²) in [5, 5.41) is 13.2. The molecule has 2 N–H and O–H groups in total. The van der Waals surface area contributed by atoms with Gasteiger partial charge in [-0.2, -0.15) is 0 Å². The fraction of sp³-hybridized carbons (Fsp3) is 0.500. The minimum atomic E-state index is -0.752. The van der Waals surface area contributed by atoms with E-state index in [0.717, 1.165) is 5.56 Å². The van der Waals surface area contributed by atoms with Gasteiger partial charge in [0.2, 0.25) is 0 Å². The Morgan fingerprint density at radius 2 is 2.12 bits per heavy atom. The van der Waals surface area contributed by atoms with Gasteiger partial charge in [-0.05, 0) is 24.6 Å². The van der Waals surface area contributed by atoms with Gasteiger partial charge in [-0.25, -0.2) is 0 Å². The number of rotatable bonds is 4. The van der Waals surface area contributed by atoms with E-state index in [4.69, 9.17) is 9.47 Å². The molecule has 16 heavy (non-hydrogen) atoms. The molecule has 1 aliphatic heterocycles. The number of β-amino-alcohol motifs (C(OH)–C–C–N with tert-alkyl or cyclic N) is 1. The van der Waals surface area contributed by atoms with E-state index in [9.17, 15) is 5.11 Å². The normalized spacial score (nSPS) is 17.7. The van der Waals surface area contributed by atoms with Crippen molar-refractivity contribution in [1.82, 2.24) is 5.32 Å². The van der Waals surface area contributed by atoms with E-state index in [1.807, 2.05) is 25.1 Å². The molecule has 2 rings (SSSR count). The van der Waals surface area contributed by atoms with E-state index in [2.05, 4.69) is 5.32 Å². The van der Waals surface area contributed by atoms with Crippen molar-refractivity contribution >= 4 is 0 Å². The van der Waals surface area contributed by atoms with E-state index in [1.165, 1.54) is 0 Å². The van der Waals surface area contributed by atoms with Gasteiger partial charge in [0.05, 0.1) is 13.7 Å². The van der Waals surface area contributed by atoms with Gasteiger partial charge in [0, 0.05) is 13.1 Å². The van der Waals surface area contributed by atoms with Crippen LogP contribution < -0.4 is 14.8 Å². The Morgan fingerprint density at radius 1 is 1.38 bits per heavy atom. The third kappa shape index (κ3) is 1.86. The van der Waals surface area contributed by atoms with Crippen LogP contribution in [0.15, 0.2) is 18.2 Å². The topological polar surface area (TPSA) is 50.7 Å². The van der Waals surface area contributed by atoms with E-state index >= 15 is 0 Å². The Morgan fingerprint density at radius 3 is 2.62 bits per heavy atom. The van der Waals surface area contributed by atoms with E-state index < -0.39 is 5.60 Å². The van der Waals surface area contributed by atoms with Crippen LogP contribution in [0.5, 0.6) is 11.5 Å². The summed E-state index contributed by atoms with van der Waals surface area (Å²) in [5.41, 5.74) is 0.115. The molecule has 4 heteroatoms. The lowest BCUT2D eigenvalue weighted by atomic mass is 9.88. The molecule has 1 saturated heterocycles. The summed E-state index contributed by atoms with van der Waals surface area (Å²) in [6.45, 7) is 3.70. The molecular weight excluding hydrogens is 206 g/mol. The summed E-state index contributed by atoms with van der Waals surface area (Å²) >= 11 is 0. The largest absolute Gasteiger partial charge is 0.493 e. The highest BCUT2D eigenvalue weighted by molar-refractivity contribution is 5.45. The third-order valence-electron chi connectivity index (χ3n) is 2.84. The summed E-state index contributed by atoms with van der Waals surface area (Å²) in [4.78, 5) is 0. The van der Waals surface area contributed by atoms with Crippen LogP contribution in [-0.2, 0) is 5.60 Å². The lowest BCUT2D eigenvalue weighted by molar-refractivity contribution is -0.0148. The van der Waals surface area contributed by atoms with Crippen LogP contribution in [0.1, 0.15) is 12.5 Å². The third-order valence-corrected chi connectivity index (χ3v) is 2.84. The van der Waals surface area contributed by atoms with Crippen molar-refractivity contribution in [1.29, 1.82) is 0 Å². The van der Waals surface area contributed by atoms with Crippen molar-refractivity contribution in [2.24, 2.45) is 0 Å². The van der Waals surface area contributed by atoms with Crippen LogP contribution in [0.25, 0.3) is 0 Å². The summed E-state index contributed by atoms with van der Waals surface area (Å²) in [6.07, 6.45) is 0. The summed E-state index contributed by atoms with van der Waals surface area (Å²) < 4.78 is 10.7. The van der Waals surface area contributed by atoms with Crippen molar-refractivity contribution < 1.29 is 14.6 Å². The molecule has 0 bridgehead atoms.